The number of aromatic nitrogens is 4. The Morgan fingerprint density at radius 1 is 0.846 bits per heavy atom. The van der Waals surface area contributed by atoms with Crippen LogP contribution in [0.1, 0.15) is 15.9 Å². The van der Waals surface area contributed by atoms with Crippen LogP contribution in [0, 0.1) is 6.92 Å². The summed E-state index contributed by atoms with van der Waals surface area (Å²) in [5.41, 5.74) is 5.59. The summed E-state index contributed by atoms with van der Waals surface area (Å²) in [5, 5.41) is 4.03. The fourth-order valence-corrected chi connectivity index (χ4v) is 6.00. The van der Waals surface area contributed by atoms with Crippen LogP contribution in [-0.2, 0) is 10.0 Å². The molecule has 0 atom stereocenters. The molecule has 0 aliphatic heterocycles. The van der Waals surface area contributed by atoms with Crippen molar-refractivity contribution in [1.82, 2.24) is 24.2 Å². The van der Waals surface area contributed by atoms with Gasteiger partial charge >= 0.3 is 0 Å². The Labute approximate surface area is 225 Å². The number of hydrogen-bond acceptors (Lipinski definition) is 6. The molecule has 0 unspecified atom stereocenters. The number of fused-ring (bicyclic) bond motifs is 2. The Bertz CT molecular complexity index is 1980. The fraction of sp³-hybridized carbons (Fsp3) is 0.0667. The van der Waals surface area contributed by atoms with Crippen LogP contribution in [0.2, 0.25) is 0 Å². The molecule has 8 nitrogen and oxygen atoms in total. The molecule has 0 spiro atoms. The number of carbonyl (C=O) groups excluding carboxylic acids is 1. The van der Waals surface area contributed by atoms with Crippen molar-refractivity contribution in [2.24, 2.45) is 0 Å². The molecule has 1 amide bonds. The van der Waals surface area contributed by atoms with Crippen LogP contribution >= 0.6 is 0 Å². The monoisotopic (exact) mass is 533 g/mol. The minimum absolute atomic E-state index is 0.148. The third kappa shape index (κ3) is 4.22. The van der Waals surface area contributed by atoms with Crippen molar-refractivity contribution in [3.63, 3.8) is 0 Å². The number of pyridine rings is 3. The molecule has 4 aromatic heterocycles. The van der Waals surface area contributed by atoms with Crippen LogP contribution < -0.4 is 5.32 Å². The Hall–Kier alpha value is -4.89. The molecule has 0 saturated carbocycles. The maximum absolute atomic E-state index is 13.8. The molecule has 4 heterocycles. The standard InChI is InChI=1S/C30H23N5O3S/c1-19-5-8-23(9-6-19)39(37,38)35-18-27(26-15-22(30(36)31-2)17-34-29(26)35)20-7-10-28-25(14-20)24(11-13-33-28)21-4-3-12-32-16-21/h3-18H,1-2H3,(H,31,36). The summed E-state index contributed by atoms with van der Waals surface area (Å²) in [5.74, 6) is -0.314. The van der Waals surface area contributed by atoms with E-state index in [0.29, 0.717) is 16.5 Å². The summed E-state index contributed by atoms with van der Waals surface area (Å²) in [6, 6.07) is 19.9. The van der Waals surface area contributed by atoms with E-state index in [1.165, 1.54) is 17.2 Å². The quantitative estimate of drug-likeness (QED) is 0.326. The van der Waals surface area contributed by atoms with Gasteiger partial charge in [0.05, 0.1) is 16.0 Å². The van der Waals surface area contributed by atoms with Crippen molar-refractivity contribution < 1.29 is 13.2 Å². The van der Waals surface area contributed by atoms with Crippen molar-refractivity contribution in [2.45, 2.75) is 11.8 Å². The second-order valence-electron chi connectivity index (χ2n) is 9.16. The average Bonchev–Trinajstić information content (AvgIpc) is 3.36. The number of hydrogen-bond donors (Lipinski definition) is 1. The van der Waals surface area contributed by atoms with Crippen LogP contribution in [0.4, 0.5) is 0 Å². The number of rotatable bonds is 5. The lowest BCUT2D eigenvalue weighted by Gasteiger charge is -2.08. The lowest BCUT2D eigenvalue weighted by atomic mass is 9.98. The molecule has 2 aromatic carbocycles. The van der Waals surface area contributed by atoms with Crippen LogP contribution in [0.25, 0.3) is 44.2 Å². The number of amides is 1. The topological polar surface area (TPSA) is 107 Å². The lowest BCUT2D eigenvalue weighted by molar-refractivity contribution is 0.0963. The van der Waals surface area contributed by atoms with Gasteiger partial charge in [-0.05, 0) is 60.5 Å². The first kappa shape index (κ1) is 24.4. The van der Waals surface area contributed by atoms with Gasteiger partial charge in [0, 0.05) is 59.9 Å². The number of aryl methyl sites for hydroxylation is 1. The summed E-state index contributed by atoms with van der Waals surface area (Å²) in [6.07, 6.45) is 8.22. The van der Waals surface area contributed by atoms with E-state index in [2.05, 4.69) is 20.3 Å². The predicted molar refractivity (Wildman–Crippen MR) is 151 cm³/mol. The van der Waals surface area contributed by atoms with E-state index in [0.717, 1.165) is 33.2 Å². The largest absolute Gasteiger partial charge is 0.355 e. The summed E-state index contributed by atoms with van der Waals surface area (Å²) >= 11 is 0. The van der Waals surface area contributed by atoms with Gasteiger partial charge < -0.3 is 5.32 Å². The van der Waals surface area contributed by atoms with Crippen LogP contribution in [0.15, 0.2) is 103 Å². The average molecular weight is 534 g/mol. The van der Waals surface area contributed by atoms with Crippen LogP contribution in [0.3, 0.4) is 0 Å². The molecule has 0 aliphatic rings. The fourth-order valence-electron chi connectivity index (χ4n) is 4.67. The molecule has 1 N–H and O–H groups in total. The van der Waals surface area contributed by atoms with E-state index >= 15 is 0 Å². The summed E-state index contributed by atoms with van der Waals surface area (Å²) < 4.78 is 28.7. The smallest absolute Gasteiger partial charge is 0.269 e. The molecule has 6 aromatic rings. The highest BCUT2D eigenvalue weighted by Crippen LogP contribution is 2.36. The zero-order valence-electron chi connectivity index (χ0n) is 21.2. The Kier molecular flexibility index (Phi) is 5.92. The van der Waals surface area contributed by atoms with Gasteiger partial charge in [0.1, 0.15) is 0 Å². The number of carbonyl (C=O) groups is 1. The maximum Gasteiger partial charge on any atom is 0.269 e. The molecule has 0 fully saturated rings. The zero-order valence-corrected chi connectivity index (χ0v) is 22.0. The van der Waals surface area contributed by atoms with E-state index in [1.807, 2.05) is 43.3 Å². The second kappa shape index (κ2) is 9.45. The predicted octanol–water partition coefficient (Wildman–Crippen LogP) is 5.22. The molecule has 192 valence electrons. The summed E-state index contributed by atoms with van der Waals surface area (Å²) in [6.45, 7) is 1.90. The van der Waals surface area contributed by atoms with E-state index in [1.54, 1.807) is 55.1 Å². The molecular weight excluding hydrogens is 510 g/mol. The molecule has 0 radical (unpaired) electrons. The summed E-state index contributed by atoms with van der Waals surface area (Å²) in [7, 11) is -2.43. The lowest BCUT2D eigenvalue weighted by Crippen LogP contribution is -2.18. The van der Waals surface area contributed by atoms with Gasteiger partial charge in [-0.2, -0.15) is 0 Å². The number of nitrogens with zero attached hydrogens (tertiary/aromatic N) is 4. The van der Waals surface area contributed by atoms with E-state index < -0.39 is 10.0 Å². The van der Waals surface area contributed by atoms with Gasteiger partial charge in [0.15, 0.2) is 5.65 Å². The van der Waals surface area contributed by atoms with E-state index in [4.69, 9.17) is 0 Å². The number of benzene rings is 2. The van der Waals surface area contributed by atoms with Crippen molar-refractivity contribution in [3.8, 4) is 22.3 Å². The minimum Gasteiger partial charge on any atom is -0.355 e. The zero-order chi connectivity index (χ0) is 27.1. The first-order valence-corrected chi connectivity index (χ1v) is 13.7. The molecule has 6 rings (SSSR count). The first-order valence-electron chi connectivity index (χ1n) is 12.2. The van der Waals surface area contributed by atoms with Gasteiger partial charge in [-0.15, -0.1) is 0 Å². The first-order chi connectivity index (χ1) is 18.9. The summed E-state index contributed by atoms with van der Waals surface area (Å²) in [4.78, 5) is 25.8. The van der Waals surface area contributed by atoms with Gasteiger partial charge in [0.25, 0.3) is 15.9 Å². The SMILES string of the molecule is CNC(=O)c1cnc2c(c1)c(-c1ccc3nccc(-c4cccnc4)c3c1)cn2S(=O)(=O)c1ccc(C)cc1. The van der Waals surface area contributed by atoms with Crippen LogP contribution in [-0.4, -0.2) is 40.3 Å². The van der Waals surface area contributed by atoms with Gasteiger partial charge in [-0.25, -0.2) is 17.4 Å². The van der Waals surface area contributed by atoms with Crippen molar-refractivity contribution in [1.29, 1.82) is 0 Å². The third-order valence-corrected chi connectivity index (χ3v) is 8.37. The minimum atomic E-state index is -3.97. The Morgan fingerprint density at radius 3 is 2.41 bits per heavy atom. The molecule has 0 saturated heterocycles. The number of nitrogens with one attached hydrogen (secondary N) is 1. The van der Waals surface area contributed by atoms with Crippen LogP contribution in [0.5, 0.6) is 0 Å². The molecule has 0 aliphatic carbocycles. The van der Waals surface area contributed by atoms with Gasteiger partial charge in [-0.1, -0.05) is 29.8 Å². The Morgan fingerprint density at radius 2 is 1.67 bits per heavy atom. The highest BCUT2D eigenvalue weighted by atomic mass is 32.2. The third-order valence-electron chi connectivity index (χ3n) is 6.70. The normalized spacial score (nSPS) is 11.6. The maximum atomic E-state index is 13.8. The van der Waals surface area contributed by atoms with Crippen molar-refractivity contribution in [3.05, 3.63) is 109 Å². The van der Waals surface area contributed by atoms with E-state index in [-0.39, 0.29) is 16.4 Å². The highest BCUT2D eigenvalue weighted by Gasteiger charge is 2.24. The molecular formula is C30H23N5O3S. The van der Waals surface area contributed by atoms with Gasteiger partial charge in [0.2, 0.25) is 0 Å². The van der Waals surface area contributed by atoms with E-state index in [9.17, 15) is 13.2 Å². The molecule has 0 bridgehead atoms. The Balaban J connectivity index is 1.61. The van der Waals surface area contributed by atoms with Crippen molar-refractivity contribution in [2.75, 3.05) is 7.05 Å². The molecule has 39 heavy (non-hydrogen) atoms. The van der Waals surface area contributed by atoms with Gasteiger partial charge in [-0.3, -0.25) is 14.8 Å². The molecule has 9 heteroatoms. The highest BCUT2D eigenvalue weighted by molar-refractivity contribution is 7.90. The second-order valence-corrected chi connectivity index (χ2v) is 11.0. The van der Waals surface area contributed by atoms with Crippen molar-refractivity contribution >= 4 is 37.9 Å².